The normalized spacial score (nSPS) is 12.0. The summed E-state index contributed by atoms with van der Waals surface area (Å²) in [6.07, 6.45) is -0.499. The SMILES string of the molecule is Cc1cc(C(O)CCNC(=O)c2cc([N+](=O)[O-])ccc2Cl)c(C)o1. The number of furan rings is 1. The first-order valence-corrected chi connectivity index (χ1v) is 7.64. The molecule has 0 aliphatic carbocycles. The fraction of sp³-hybridized carbons (Fsp3) is 0.312. The van der Waals surface area contributed by atoms with Crippen molar-refractivity contribution in [1.29, 1.82) is 0 Å². The van der Waals surface area contributed by atoms with Crippen LogP contribution in [-0.2, 0) is 0 Å². The number of nitrogens with zero attached hydrogens (tertiary/aromatic N) is 1. The lowest BCUT2D eigenvalue weighted by Crippen LogP contribution is -2.26. The Labute approximate surface area is 143 Å². The van der Waals surface area contributed by atoms with Gasteiger partial charge in [-0.2, -0.15) is 0 Å². The Balaban J connectivity index is 1.97. The predicted molar refractivity (Wildman–Crippen MR) is 88.2 cm³/mol. The predicted octanol–water partition coefficient (Wildman–Crippen LogP) is 3.31. The molecule has 0 saturated carbocycles. The minimum absolute atomic E-state index is 0.0238. The molecule has 0 fully saturated rings. The number of benzene rings is 1. The van der Waals surface area contributed by atoms with Gasteiger partial charge >= 0.3 is 0 Å². The Bertz CT molecular complexity index is 772. The Morgan fingerprint density at radius 3 is 2.71 bits per heavy atom. The van der Waals surface area contributed by atoms with Crippen LogP contribution in [0.2, 0.25) is 5.02 Å². The Hall–Kier alpha value is -2.38. The number of aryl methyl sites for hydroxylation is 2. The number of non-ortho nitro benzene ring substituents is 1. The molecule has 2 rings (SSSR count). The summed E-state index contributed by atoms with van der Waals surface area (Å²) >= 11 is 5.91. The first-order chi connectivity index (χ1) is 11.3. The number of hydrogen-bond acceptors (Lipinski definition) is 5. The van der Waals surface area contributed by atoms with Gasteiger partial charge in [-0.15, -0.1) is 0 Å². The Kier molecular flexibility index (Phi) is 5.58. The standard InChI is InChI=1S/C16H17ClN2O5/c1-9-7-12(10(2)24-9)15(20)5-6-18-16(21)13-8-11(19(22)23)3-4-14(13)17/h3-4,7-8,15,20H,5-6H2,1-2H3,(H,18,21). The summed E-state index contributed by atoms with van der Waals surface area (Å²) in [6, 6.07) is 5.41. The van der Waals surface area contributed by atoms with Crippen LogP contribution in [0.1, 0.15) is 40.0 Å². The molecule has 7 nitrogen and oxygen atoms in total. The van der Waals surface area contributed by atoms with Crippen LogP contribution >= 0.6 is 11.6 Å². The second-order valence-corrected chi connectivity index (χ2v) is 5.76. The molecule has 2 N–H and O–H groups in total. The lowest BCUT2D eigenvalue weighted by Gasteiger charge is -2.11. The highest BCUT2D eigenvalue weighted by Gasteiger charge is 2.17. The molecular formula is C16H17ClN2O5. The van der Waals surface area contributed by atoms with E-state index in [2.05, 4.69) is 5.32 Å². The number of halogens is 1. The largest absolute Gasteiger partial charge is 0.466 e. The van der Waals surface area contributed by atoms with E-state index < -0.39 is 16.9 Å². The fourth-order valence-corrected chi connectivity index (χ4v) is 2.56. The molecule has 1 atom stereocenters. The maximum atomic E-state index is 12.1. The summed E-state index contributed by atoms with van der Waals surface area (Å²) in [5.74, 6) is 0.804. The fourth-order valence-electron chi connectivity index (χ4n) is 2.36. The van der Waals surface area contributed by atoms with Crippen molar-refractivity contribution in [3.05, 3.63) is 62.0 Å². The average Bonchev–Trinajstić information content (AvgIpc) is 2.85. The van der Waals surface area contributed by atoms with Gasteiger partial charge in [0.05, 0.1) is 21.6 Å². The maximum absolute atomic E-state index is 12.1. The van der Waals surface area contributed by atoms with Crippen molar-refractivity contribution in [3.63, 3.8) is 0 Å². The number of carbonyl (C=O) groups is 1. The maximum Gasteiger partial charge on any atom is 0.270 e. The van der Waals surface area contributed by atoms with E-state index in [1.54, 1.807) is 19.9 Å². The molecule has 0 aliphatic rings. The molecule has 2 aromatic rings. The van der Waals surface area contributed by atoms with Gasteiger partial charge in [-0.05, 0) is 32.4 Å². The molecule has 0 bridgehead atoms. The van der Waals surface area contributed by atoms with Crippen LogP contribution in [0.3, 0.4) is 0 Å². The second-order valence-electron chi connectivity index (χ2n) is 5.35. The third-order valence-corrected chi connectivity index (χ3v) is 3.88. The van der Waals surface area contributed by atoms with Crippen molar-refractivity contribution >= 4 is 23.2 Å². The van der Waals surface area contributed by atoms with Gasteiger partial charge in [0.2, 0.25) is 0 Å². The number of nitro benzene ring substituents is 1. The number of hydrogen-bond donors (Lipinski definition) is 2. The lowest BCUT2D eigenvalue weighted by atomic mass is 10.1. The van der Waals surface area contributed by atoms with Gasteiger partial charge in [0.15, 0.2) is 0 Å². The molecule has 24 heavy (non-hydrogen) atoms. The number of aliphatic hydroxyl groups is 1. The molecular weight excluding hydrogens is 336 g/mol. The van der Waals surface area contributed by atoms with Crippen LogP contribution in [0.25, 0.3) is 0 Å². The first-order valence-electron chi connectivity index (χ1n) is 7.26. The summed E-state index contributed by atoms with van der Waals surface area (Å²) in [5, 5.41) is 23.6. The van der Waals surface area contributed by atoms with Gasteiger partial charge in [0.1, 0.15) is 11.5 Å². The molecule has 0 aliphatic heterocycles. The van der Waals surface area contributed by atoms with E-state index in [9.17, 15) is 20.0 Å². The quantitative estimate of drug-likeness (QED) is 0.612. The van der Waals surface area contributed by atoms with E-state index >= 15 is 0 Å². The highest BCUT2D eigenvalue weighted by Crippen LogP contribution is 2.24. The van der Waals surface area contributed by atoms with E-state index in [4.69, 9.17) is 16.0 Å². The molecule has 1 aromatic carbocycles. The van der Waals surface area contributed by atoms with Crippen LogP contribution in [0.15, 0.2) is 28.7 Å². The molecule has 1 heterocycles. The van der Waals surface area contributed by atoms with Crippen LogP contribution < -0.4 is 5.32 Å². The number of nitrogens with one attached hydrogen (secondary N) is 1. The van der Waals surface area contributed by atoms with Gasteiger partial charge < -0.3 is 14.8 Å². The van der Waals surface area contributed by atoms with Crippen LogP contribution in [0.4, 0.5) is 5.69 Å². The van der Waals surface area contributed by atoms with E-state index in [0.717, 1.165) is 6.07 Å². The van der Waals surface area contributed by atoms with Crippen molar-refractivity contribution in [2.45, 2.75) is 26.4 Å². The molecule has 0 spiro atoms. The van der Waals surface area contributed by atoms with E-state index in [-0.39, 0.29) is 29.2 Å². The van der Waals surface area contributed by atoms with Crippen LogP contribution in [0.5, 0.6) is 0 Å². The molecule has 0 saturated heterocycles. The van der Waals surface area contributed by atoms with Crippen molar-refractivity contribution in [3.8, 4) is 0 Å². The monoisotopic (exact) mass is 352 g/mol. The van der Waals surface area contributed by atoms with Crippen molar-refractivity contribution < 1.29 is 19.2 Å². The highest BCUT2D eigenvalue weighted by molar-refractivity contribution is 6.33. The van der Waals surface area contributed by atoms with Crippen molar-refractivity contribution in [1.82, 2.24) is 5.32 Å². The summed E-state index contributed by atoms with van der Waals surface area (Å²) < 4.78 is 5.36. The van der Waals surface area contributed by atoms with Gasteiger partial charge in [-0.3, -0.25) is 14.9 Å². The molecule has 1 amide bonds. The van der Waals surface area contributed by atoms with Crippen LogP contribution in [0, 0.1) is 24.0 Å². The number of carbonyl (C=O) groups excluding carboxylic acids is 1. The zero-order valence-corrected chi connectivity index (χ0v) is 14.0. The number of aliphatic hydroxyl groups excluding tert-OH is 1. The smallest absolute Gasteiger partial charge is 0.270 e. The van der Waals surface area contributed by atoms with Gasteiger partial charge in [0.25, 0.3) is 11.6 Å². The Morgan fingerprint density at radius 1 is 1.42 bits per heavy atom. The van der Waals surface area contributed by atoms with Gasteiger partial charge in [0, 0.05) is 24.2 Å². The molecule has 8 heteroatoms. The van der Waals surface area contributed by atoms with E-state index in [1.165, 1.54) is 12.1 Å². The summed E-state index contributed by atoms with van der Waals surface area (Å²) in [7, 11) is 0. The zero-order valence-electron chi connectivity index (χ0n) is 13.2. The summed E-state index contributed by atoms with van der Waals surface area (Å²) in [4.78, 5) is 22.3. The second kappa shape index (κ2) is 7.46. The molecule has 1 unspecified atom stereocenters. The van der Waals surface area contributed by atoms with Crippen LogP contribution in [-0.4, -0.2) is 22.5 Å². The van der Waals surface area contributed by atoms with E-state index in [0.29, 0.717) is 17.1 Å². The Morgan fingerprint density at radius 2 is 2.12 bits per heavy atom. The minimum Gasteiger partial charge on any atom is -0.466 e. The molecule has 1 aromatic heterocycles. The third kappa shape index (κ3) is 4.12. The number of nitro groups is 1. The minimum atomic E-state index is -0.775. The van der Waals surface area contributed by atoms with Gasteiger partial charge in [-0.1, -0.05) is 11.6 Å². The number of rotatable bonds is 6. The van der Waals surface area contributed by atoms with E-state index in [1.807, 2.05) is 0 Å². The topological polar surface area (TPSA) is 106 Å². The van der Waals surface area contributed by atoms with Gasteiger partial charge in [-0.25, -0.2) is 0 Å². The summed E-state index contributed by atoms with van der Waals surface area (Å²) in [6.45, 7) is 3.73. The number of amides is 1. The third-order valence-electron chi connectivity index (χ3n) is 3.55. The highest BCUT2D eigenvalue weighted by atomic mass is 35.5. The molecule has 128 valence electrons. The van der Waals surface area contributed by atoms with Crippen molar-refractivity contribution in [2.75, 3.05) is 6.54 Å². The summed E-state index contributed by atoms with van der Waals surface area (Å²) in [5.41, 5.74) is 0.486. The first kappa shape index (κ1) is 18.0. The zero-order chi connectivity index (χ0) is 17.9. The lowest BCUT2D eigenvalue weighted by molar-refractivity contribution is -0.384. The molecule has 0 radical (unpaired) electrons. The average molecular weight is 353 g/mol. The van der Waals surface area contributed by atoms with Crippen molar-refractivity contribution in [2.24, 2.45) is 0 Å².